The van der Waals surface area contributed by atoms with Gasteiger partial charge in [-0.3, -0.25) is 9.36 Å². The van der Waals surface area contributed by atoms with Crippen molar-refractivity contribution in [3.8, 4) is 11.1 Å². The van der Waals surface area contributed by atoms with Gasteiger partial charge in [0.05, 0.1) is 28.6 Å². The molecule has 0 aliphatic rings. The van der Waals surface area contributed by atoms with E-state index in [-0.39, 0.29) is 0 Å². The van der Waals surface area contributed by atoms with Crippen LogP contribution in [-0.4, -0.2) is 19.6 Å². The topological polar surface area (TPSA) is 35.6 Å². The van der Waals surface area contributed by atoms with Crippen LogP contribution >= 0.6 is 15.9 Å². The minimum Gasteiger partial charge on any atom is -0.269 e. The van der Waals surface area contributed by atoms with Crippen molar-refractivity contribution >= 4 is 15.9 Å². The van der Waals surface area contributed by atoms with E-state index < -0.39 is 0 Å². The molecule has 0 bridgehead atoms. The SMILES string of the molecule is CCc1nn(C)c(Cn2cc(-c3ccccc3)cn2)c1Br. The lowest BCUT2D eigenvalue weighted by Crippen LogP contribution is -2.06. The first-order valence-corrected chi connectivity index (χ1v) is 7.76. The molecule has 4 nitrogen and oxygen atoms in total. The highest BCUT2D eigenvalue weighted by molar-refractivity contribution is 9.10. The Balaban J connectivity index is 1.87. The first kappa shape index (κ1) is 14.1. The van der Waals surface area contributed by atoms with Gasteiger partial charge >= 0.3 is 0 Å². The lowest BCUT2D eigenvalue weighted by atomic mass is 10.1. The average Bonchev–Trinajstić information content (AvgIpc) is 3.08. The van der Waals surface area contributed by atoms with Gasteiger partial charge in [0, 0.05) is 18.8 Å². The van der Waals surface area contributed by atoms with Gasteiger partial charge in [0.25, 0.3) is 0 Å². The second kappa shape index (κ2) is 5.85. The predicted molar refractivity (Wildman–Crippen MR) is 87.1 cm³/mol. The quantitative estimate of drug-likeness (QED) is 0.724. The standard InChI is InChI=1S/C16H17BrN4/c1-3-14-16(17)15(20(2)19-14)11-21-10-13(9-18-21)12-7-5-4-6-8-12/h4-10H,3,11H2,1-2H3. The summed E-state index contributed by atoms with van der Waals surface area (Å²) in [6, 6.07) is 10.3. The van der Waals surface area contributed by atoms with E-state index in [0.29, 0.717) is 6.54 Å². The van der Waals surface area contributed by atoms with Crippen LogP contribution in [0.25, 0.3) is 11.1 Å². The van der Waals surface area contributed by atoms with Gasteiger partial charge in [-0.2, -0.15) is 10.2 Å². The molecule has 0 aliphatic carbocycles. The number of hydrogen-bond donors (Lipinski definition) is 0. The van der Waals surface area contributed by atoms with Gasteiger partial charge in [0.2, 0.25) is 0 Å². The first-order valence-electron chi connectivity index (χ1n) is 6.97. The molecule has 0 amide bonds. The number of benzene rings is 1. The number of nitrogens with zero attached hydrogens (tertiary/aromatic N) is 4. The second-order valence-electron chi connectivity index (χ2n) is 4.98. The van der Waals surface area contributed by atoms with E-state index >= 15 is 0 Å². The molecule has 21 heavy (non-hydrogen) atoms. The lowest BCUT2D eigenvalue weighted by molar-refractivity contribution is 0.616. The van der Waals surface area contributed by atoms with Crippen LogP contribution in [0.3, 0.4) is 0 Å². The van der Waals surface area contributed by atoms with E-state index in [9.17, 15) is 0 Å². The van der Waals surface area contributed by atoms with Gasteiger partial charge in [-0.05, 0) is 27.9 Å². The molecule has 0 N–H and O–H groups in total. The molecule has 0 saturated carbocycles. The second-order valence-corrected chi connectivity index (χ2v) is 5.77. The third-order valence-corrected chi connectivity index (χ3v) is 4.47. The largest absolute Gasteiger partial charge is 0.269 e. The molecule has 1 aromatic carbocycles. The Morgan fingerprint density at radius 1 is 1.14 bits per heavy atom. The van der Waals surface area contributed by atoms with E-state index in [0.717, 1.165) is 27.8 Å². The maximum atomic E-state index is 4.52. The van der Waals surface area contributed by atoms with Gasteiger partial charge in [-0.25, -0.2) is 0 Å². The molecule has 0 fully saturated rings. The zero-order valence-electron chi connectivity index (χ0n) is 12.1. The van der Waals surface area contributed by atoms with Crippen LogP contribution in [0.2, 0.25) is 0 Å². The van der Waals surface area contributed by atoms with E-state index in [4.69, 9.17) is 0 Å². The van der Waals surface area contributed by atoms with Gasteiger partial charge in [-0.1, -0.05) is 37.3 Å². The smallest absolute Gasteiger partial charge is 0.0839 e. The molecule has 0 radical (unpaired) electrons. The fraction of sp³-hybridized carbons (Fsp3) is 0.250. The zero-order valence-corrected chi connectivity index (χ0v) is 13.7. The minimum atomic E-state index is 0.705. The number of aromatic nitrogens is 4. The third-order valence-electron chi connectivity index (χ3n) is 3.56. The van der Waals surface area contributed by atoms with Gasteiger partial charge in [0.15, 0.2) is 0 Å². The Hall–Kier alpha value is -1.88. The van der Waals surface area contributed by atoms with Crippen LogP contribution in [-0.2, 0) is 20.0 Å². The Morgan fingerprint density at radius 3 is 2.57 bits per heavy atom. The van der Waals surface area contributed by atoms with Crippen molar-refractivity contribution in [2.75, 3.05) is 0 Å². The molecule has 0 spiro atoms. The first-order chi connectivity index (χ1) is 10.2. The Kier molecular flexibility index (Phi) is 3.92. The lowest BCUT2D eigenvalue weighted by Gasteiger charge is -2.03. The summed E-state index contributed by atoms with van der Waals surface area (Å²) in [4.78, 5) is 0. The van der Waals surface area contributed by atoms with Gasteiger partial charge in [-0.15, -0.1) is 0 Å². The summed E-state index contributed by atoms with van der Waals surface area (Å²) < 4.78 is 4.96. The molecule has 5 heteroatoms. The minimum absolute atomic E-state index is 0.705. The molecular weight excluding hydrogens is 328 g/mol. The van der Waals surface area contributed by atoms with E-state index in [2.05, 4.69) is 51.4 Å². The molecular formula is C16H17BrN4. The van der Waals surface area contributed by atoms with Crippen molar-refractivity contribution in [1.82, 2.24) is 19.6 Å². The molecule has 2 aromatic heterocycles. The van der Waals surface area contributed by atoms with Gasteiger partial charge in [0.1, 0.15) is 0 Å². The van der Waals surface area contributed by atoms with Crippen molar-refractivity contribution in [1.29, 1.82) is 0 Å². The summed E-state index contributed by atoms with van der Waals surface area (Å²) in [5.41, 5.74) is 4.53. The third kappa shape index (κ3) is 2.78. The van der Waals surface area contributed by atoms with E-state index in [1.807, 2.05) is 40.8 Å². The number of rotatable bonds is 4. The van der Waals surface area contributed by atoms with Crippen molar-refractivity contribution < 1.29 is 0 Å². The maximum Gasteiger partial charge on any atom is 0.0839 e. The monoisotopic (exact) mass is 344 g/mol. The molecule has 2 heterocycles. The van der Waals surface area contributed by atoms with Crippen LogP contribution in [0.4, 0.5) is 0 Å². The average molecular weight is 345 g/mol. The van der Waals surface area contributed by atoms with Gasteiger partial charge < -0.3 is 0 Å². The number of hydrogen-bond acceptors (Lipinski definition) is 2. The molecule has 3 rings (SSSR count). The Morgan fingerprint density at radius 2 is 1.90 bits per heavy atom. The van der Waals surface area contributed by atoms with Crippen LogP contribution in [0.5, 0.6) is 0 Å². The molecule has 3 aromatic rings. The number of halogens is 1. The highest BCUT2D eigenvalue weighted by Gasteiger charge is 2.13. The predicted octanol–water partition coefficient (Wildman–Crippen LogP) is 3.66. The Labute approximate surface area is 132 Å². The van der Waals surface area contributed by atoms with Crippen LogP contribution < -0.4 is 0 Å². The molecule has 0 atom stereocenters. The molecule has 108 valence electrons. The highest BCUT2D eigenvalue weighted by atomic mass is 79.9. The molecule has 0 aliphatic heterocycles. The summed E-state index contributed by atoms with van der Waals surface area (Å²) >= 11 is 3.65. The maximum absolute atomic E-state index is 4.52. The molecule has 0 saturated heterocycles. The summed E-state index contributed by atoms with van der Waals surface area (Å²) in [6.45, 7) is 2.81. The zero-order chi connectivity index (χ0) is 14.8. The van der Waals surface area contributed by atoms with Crippen molar-refractivity contribution in [2.45, 2.75) is 19.9 Å². The Bertz CT molecular complexity index is 743. The fourth-order valence-electron chi connectivity index (χ4n) is 2.37. The van der Waals surface area contributed by atoms with Crippen molar-refractivity contribution in [3.63, 3.8) is 0 Å². The summed E-state index contributed by atoms with van der Waals surface area (Å²) in [7, 11) is 1.97. The van der Waals surface area contributed by atoms with Crippen LogP contribution in [0.15, 0.2) is 47.2 Å². The van der Waals surface area contributed by atoms with Crippen molar-refractivity contribution in [2.24, 2.45) is 7.05 Å². The van der Waals surface area contributed by atoms with Crippen LogP contribution in [0.1, 0.15) is 18.3 Å². The summed E-state index contributed by atoms with van der Waals surface area (Å²) in [6.07, 6.45) is 4.89. The summed E-state index contributed by atoms with van der Waals surface area (Å²) in [5.74, 6) is 0. The molecule has 0 unspecified atom stereocenters. The fourth-order valence-corrected chi connectivity index (χ4v) is 3.12. The van der Waals surface area contributed by atoms with Crippen molar-refractivity contribution in [3.05, 3.63) is 58.6 Å². The highest BCUT2D eigenvalue weighted by Crippen LogP contribution is 2.23. The normalized spacial score (nSPS) is 11.0. The number of aryl methyl sites for hydroxylation is 2. The van der Waals surface area contributed by atoms with E-state index in [1.54, 1.807) is 0 Å². The van der Waals surface area contributed by atoms with Crippen LogP contribution in [0, 0.1) is 0 Å². The summed E-state index contributed by atoms with van der Waals surface area (Å²) in [5, 5.41) is 8.98. The van der Waals surface area contributed by atoms with E-state index in [1.165, 1.54) is 5.56 Å².